The maximum Gasteiger partial charge on any atom is 0.226 e. The zero-order chi connectivity index (χ0) is 12.8. The van der Waals surface area contributed by atoms with Crippen molar-refractivity contribution >= 4 is 38.9 Å². The molecule has 1 fully saturated rings. The van der Waals surface area contributed by atoms with Crippen LogP contribution < -0.4 is 5.32 Å². The van der Waals surface area contributed by atoms with Gasteiger partial charge in [-0.05, 0) is 20.3 Å². The Bertz CT molecular complexity index is 403. The van der Waals surface area contributed by atoms with Crippen molar-refractivity contribution in [2.24, 2.45) is 5.92 Å². The molecule has 0 unspecified atom stereocenters. The van der Waals surface area contributed by atoms with E-state index in [4.69, 9.17) is 23.2 Å². The van der Waals surface area contributed by atoms with E-state index in [0.717, 1.165) is 6.26 Å². The van der Waals surface area contributed by atoms with Gasteiger partial charge in [0.1, 0.15) is 4.33 Å². The number of nitrogens with one attached hydrogen (secondary N) is 1. The molecule has 0 aliphatic heterocycles. The molecule has 16 heavy (non-hydrogen) atoms. The summed E-state index contributed by atoms with van der Waals surface area (Å²) in [6, 6.07) is 0. The zero-order valence-electron chi connectivity index (χ0n) is 9.38. The van der Waals surface area contributed by atoms with Gasteiger partial charge < -0.3 is 5.32 Å². The summed E-state index contributed by atoms with van der Waals surface area (Å²) in [6.07, 6.45) is 1.56. The lowest BCUT2D eigenvalue weighted by Crippen LogP contribution is -2.44. The van der Waals surface area contributed by atoms with Gasteiger partial charge in [0, 0.05) is 12.8 Å². The third-order valence-electron chi connectivity index (χ3n) is 2.83. The molecular formula is C9H15Cl2NO3S. The van der Waals surface area contributed by atoms with Crippen LogP contribution in [0.15, 0.2) is 0 Å². The van der Waals surface area contributed by atoms with Crippen LogP contribution in [-0.2, 0) is 14.6 Å². The molecular weight excluding hydrogens is 273 g/mol. The number of rotatable bonds is 4. The van der Waals surface area contributed by atoms with Crippen molar-refractivity contribution in [1.82, 2.24) is 5.32 Å². The first-order chi connectivity index (χ1) is 6.97. The summed E-state index contributed by atoms with van der Waals surface area (Å²) >= 11 is 11.5. The standard InChI is InChI=1S/C9H15Cl2NO3S/c1-8(2,16(3,14)15)5-12-7(13)6-4-9(6,10)11/h6H,4-5H2,1-3H3,(H,12,13)/t6-/m0/s1. The zero-order valence-corrected chi connectivity index (χ0v) is 11.7. The van der Waals surface area contributed by atoms with Crippen LogP contribution in [0.3, 0.4) is 0 Å². The summed E-state index contributed by atoms with van der Waals surface area (Å²) in [6.45, 7) is 3.18. The second kappa shape index (κ2) is 4.03. The first-order valence-corrected chi connectivity index (χ1v) is 7.47. The van der Waals surface area contributed by atoms with E-state index in [1.54, 1.807) is 13.8 Å². The minimum Gasteiger partial charge on any atom is -0.354 e. The highest BCUT2D eigenvalue weighted by molar-refractivity contribution is 7.92. The minimum atomic E-state index is -3.21. The Balaban J connectivity index is 2.51. The van der Waals surface area contributed by atoms with Gasteiger partial charge in [0.2, 0.25) is 5.91 Å². The topological polar surface area (TPSA) is 63.2 Å². The van der Waals surface area contributed by atoms with Crippen LogP contribution in [-0.4, -0.2) is 36.2 Å². The summed E-state index contributed by atoms with van der Waals surface area (Å²) in [5, 5.41) is 2.56. The second-order valence-electron chi connectivity index (χ2n) is 4.77. The second-order valence-corrected chi connectivity index (χ2v) is 8.96. The normalized spacial score (nSPS) is 23.9. The van der Waals surface area contributed by atoms with Crippen molar-refractivity contribution in [3.05, 3.63) is 0 Å². The molecule has 7 heteroatoms. The number of hydrogen-bond donors (Lipinski definition) is 1. The van der Waals surface area contributed by atoms with Crippen LogP contribution in [0.4, 0.5) is 0 Å². The average Bonchev–Trinajstić information content (AvgIpc) is 2.69. The molecule has 1 aliphatic rings. The van der Waals surface area contributed by atoms with Crippen molar-refractivity contribution in [1.29, 1.82) is 0 Å². The van der Waals surface area contributed by atoms with Crippen molar-refractivity contribution in [2.45, 2.75) is 29.3 Å². The molecule has 0 aromatic heterocycles. The predicted molar refractivity (Wildman–Crippen MR) is 64.5 cm³/mol. The van der Waals surface area contributed by atoms with Gasteiger partial charge in [-0.15, -0.1) is 23.2 Å². The van der Waals surface area contributed by atoms with Gasteiger partial charge in [-0.3, -0.25) is 4.79 Å². The molecule has 0 heterocycles. The van der Waals surface area contributed by atoms with Gasteiger partial charge in [0.15, 0.2) is 9.84 Å². The lowest BCUT2D eigenvalue weighted by molar-refractivity contribution is -0.122. The van der Waals surface area contributed by atoms with Crippen LogP contribution in [0.1, 0.15) is 20.3 Å². The fourth-order valence-electron chi connectivity index (χ4n) is 1.05. The largest absolute Gasteiger partial charge is 0.354 e. The molecule has 1 saturated carbocycles. The van der Waals surface area contributed by atoms with E-state index >= 15 is 0 Å². The summed E-state index contributed by atoms with van der Waals surface area (Å²) in [4.78, 5) is 11.5. The molecule has 0 aromatic rings. The highest BCUT2D eigenvalue weighted by Gasteiger charge is 2.56. The number of halogens is 2. The highest BCUT2D eigenvalue weighted by Crippen LogP contribution is 2.53. The fraction of sp³-hybridized carbons (Fsp3) is 0.889. The van der Waals surface area contributed by atoms with Gasteiger partial charge in [-0.2, -0.15) is 0 Å². The molecule has 1 aliphatic carbocycles. The molecule has 1 N–H and O–H groups in total. The third kappa shape index (κ3) is 3.02. The van der Waals surface area contributed by atoms with E-state index < -0.39 is 24.8 Å². The molecule has 1 atom stereocenters. The first kappa shape index (κ1) is 14.1. The number of alkyl halides is 2. The van der Waals surface area contributed by atoms with E-state index in [9.17, 15) is 13.2 Å². The molecule has 1 amide bonds. The predicted octanol–water partition coefficient (Wildman–Crippen LogP) is 1.12. The molecule has 0 saturated heterocycles. The Kier molecular flexibility index (Phi) is 3.54. The highest BCUT2D eigenvalue weighted by atomic mass is 35.5. The van der Waals surface area contributed by atoms with E-state index in [-0.39, 0.29) is 12.5 Å². The Morgan fingerprint density at radius 3 is 2.25 bits per heavy atom. The molecule has 0 aromatic carbocycles. The van der Waals surface area contributed by atoms with Crippen LogP contribution in [0.25, 0.3) is 0 Å². The molecule has 1 rings (SSSR count). The van der Waals surface area contributed by atoms with Crippen molar-refractivity contribution in [3.63, 3.8) is 0 Å². The molecule has 94 valence electrons. The Labute approximate surface area is 106 Å². The van der Waals surface area contributed by atoms with Crippen LogP contribution in [0.5, 0.6) is 0 Å². The average molecular weight is 288 g/mol. The van der Waals surface area contributed by atoms with E-state index in [2.05, 4.69) is 5.32 Å². The number of carbonyl (C=O) groups excluding carboxylic acids is 1. The van der Waals surface area contributed by atoms with Crippen LogP contribution >= 0.6 is 23.2 Å². The lowest BCUT2D eigenvalue weighted by Gasteiger charge is -2.22. The Morgan fingerprint density at radius 1 is 1.50 bits per heavy atom. The van der Waals surface area contributed by atoms with E-state index in [1.165, 1.54) is 0 Å². The number of amides is 1. The number of hydrogen-bond acceptors (Lipinski definition) is 3. The van der Waals surface area contributed by atoms with Crippen molar-refractivity contribution in [2.75, 3.05) is 12.8 Å². The van der Waals surface area contributed by atoms with Gasteiger partial charge in [-0.1, -0.05) is 0 Å². The van der Waals surface area contributed by atoms with E-state index in [0.29, 0.717) is 6.42 Å². The van der Waals surface area contributed by atoms with E-state index in [1.807, 2.05) is 0 Å². The molecule has 0 bridgehead atoms. The lowest BCUT2D eigenvalue weighted by atomic mass is 10.2. The van der Waals surface area contributed by atoms with Crippen molar-refractivity contribution in [3.8, 4) is 0 Å². The monoisotopic (exact) mass is 287 g/mol. The van der Waals surface area contributed by atoms with Gasteiger partial charge in [0.25, 0.3) is 0 Å². The Hall–Kier alpha value is -0.000000000000000111. The van der Waals surface area contributed by atoms with Crippen molar-refractivity contribution < 1.29 is 13.2 Å². The number of sulfone groups is 1. The third-order valence-corrected chi connectivity index (χ3v) is 5.82. The first-order valence-electron chi connectivity index (χ1n) is 4.82. The summed E-state index contributed by atoms with van der Waals surface area (Å²) in [5.74, 6) is -0.715. The quantitative estimate of drug-likeness (QED) is 0.788. The fourth-order valence-corrected chi connectivity index (χ4v) is 1.89. The molecule has 4 nitrogen and oxygen atoms in total. The SMILES string of the molecule is CC(C)(CNC(=O)[C@@H]1CC1(Cl)Cl)S(C)(=O)=O. The minimum absolute atomic E-state index is 0.0605. The smallest absolute Gasteiger partial charge is 0.226 e. The van der Waals surface area contributed by atoms with Crippen LogP contribution in [0, 0.1) is 5.92 Å². The Morgan fingerprint density at radius 2 is 1.94 bits per heavy atom. The maximum absolute atomic E-state index is 11.5. The van der Waals surface area contributed by atoms with Gasteiger partial charge in [0.05, 0.1) is 10.7 Å². The van der Waals surface area contributed by atoms with Gasteiger partial charge >= 0.3 is 0 Å². The molecule has 0 radical (unpaired) electrons. The number of carbonyl (C=O) groups is 1. The van der Waals surface area contributed by atoms with Gasteiger partial charge in [-0.25, -0.2) is 8.42 Å². The molecule has 0 spiro atoms. The summed E-state index contributed by atoms with van der Waals surface area (Å²) < 4.78 is 20.8. The maximum atomic E-state index is 11.5. The summed E-state index contributed by atoms with van der Waals surface area (Å²) in [5.41, 5.74) is 0. The summed E-state index contributed by atoms with van der Waals surface area (Å²) in [7, 11) is -3.21. The van der Waals surface area contributed by atoms with Crippen LogP contribution in [0.2, 0.25) is 0 Å².